The van der Waals surface area contributed by atoms with Crippen molar-refractivity contribution in [1.29, 1.82) is 0 Å². The number of nitro groups is 1. The van der Waals surface area contributed by atoms with Gasteiger partial charge in [0, 0.05) is 30.2 Å². The van der Waals surface area contributed by atoms with E-state index in [4.69, 9.17) is 4.74 Å². The third-order valence-electron chi connectivity index (χ3n) is 5.32. The zero-order valence-corrected chi connectivity index (χ0v) is 19.5. The molecule has 2 N–H and O–H groups in total. The van der Waals surface area contributed by atoms with Crippen LogP contribution < -0.4 is 14.8 Å². The van der Waals surface area contributed by atoms with Gasteiger partial charge in [0.25, 0.3) is 21.6 Å². The zero-order valence-electron chi connectivity index (χ0n) is 18.7. The van der Waals surface area contributed by atoms with Crippen LogP contribution in [0.5, 0.6) is 5.75 Å². The second kappa shape index (κ2) is 10.8. The van der Waals surface area contributed by atoms with E-state index in [-0.39, 0.29) is 33.5 Å². The Morgan fingerprint density at radius 2 is 1.79 bits per heavy atom. The molecule has 3 rings (SSSR count). The normalized spacial score (nSPS) is 11.9. The molecule has 0 aliphatic rings. The molecule has 0 heterocycles. The van der Waals surface area contributed by atoms with Crippen molar-refractivity contribution in [2.75, 3.05) is 18.4 Å². The number of non-ortho nitro benzene ring substituents is 1. The number of sulfonamides is 1. The highest BCUT2D eigenvalue weighted by Crippen LogP contribution is 2.31. The number of rotatable bonds is 10. The lowest BCUT2D eigenvalue weighted by Gasteiger charge is -2.16. The number of amides is 1. The summed E-state index contributed by atoms with van der Waals surface area (Å²) in [7, 11) is -2.83. The number of ether oxygens (including phenoxy) is 1. The van der Waals surface area contributed by atoms with Gasteiger partial charge >= 0.3 is 0 Å². The van der Waals surface area contributed by atoms with Gasteiger partial charge in [-0.05, 0) is 36.2 Å². The smallest absolute Gasteiger partial charge is 0.271 e. The van der Waals surface area contributed by atoms with Gasteiger partial charge < -0.3 is 10.1 Å². The third kappa shape index (κ3) is 5.90. The van der Waals surface area contributed by atoms with Gasteiger partial charge in [-0.2, -0.15) is 0 Å². The molecule has 178 valence electrons. The summed E-state index contributed by atoms with van der Waals surface area (Å²) in [5.74, 6) is -0.158. The molecule has 0 aromatic heterocycles. The maximum atomic E-state index is 13.0. The average Bonchev–Trinajstić information content (AvgIpc) is 2.84. The number of methoxy groups -OCH3 is 1. The molecular weight excluding hydrogens is 458 g/mol. The highest BCUT2D eigenvalue weighted by atomic mass is 32.2. The fraction of sp³-hybridized carbons (Fsp3) is 0.208. The molecule has 10 heteroatoms. The van der Waals surface area contributed by atoms with Crippen LogP contribution in [0.3, 0.4) is 0 Å². The molecule has 0 radical (unpaired) electrons. The van der Waals surface area contributed by atoms with E-state index in [0.29, 0.717) is 6.54 Å². The minimum absolute atomic E-state index is 0.0831. The number of carbonyl (C=O) groups is 1. The van der Waals surface area contributed by atoms with Crippen LogP contribution in [0.2, 0.25) is 0 Å². The molecule has 0 fully saturated rings. The monoisotopic (exact) mass is 483 g/mol. The van der Waals surface area contributed by atoms with E-state index < -0.39 is 20.9 Å². The molecule has 0 bridgehead atoms. The fourth-order valence-corrected chi connectivity index (χ4v) is 4.55. The van der Waals surface area contributed by atoms with E-state index in [1.54, 1.807) is 0 Å². The number of hydrogen-bond donors (Lipinski definition) is 2. The van der Waals surface area contributed by atoms with Crippen LogP contribution >= 0.6 is 0 Å². The molecule has 0 aliphatic carbocycles. The van der Waals surface area contributed by atoms with E-state index in [1.807, 2.05) is 37.3 Å². The fourth-order valence-electron chi connectivity index (χ4n) is 3.44. The molecule has 0 saturated heterocycles. The summed E-state index contributed by atoms with van der Waals surface area (Å²) in [5, 5.41) is 13.9. The SMILES string of the molecule is CCC(CNC(=O)c1cccc(S(=O)(=O)Nc2cc([N+](=O)[O-])ccc2OC)c1)c1ccccc1. The summed E-state index contributed by atoms with van der Waals surface area (Å²) in [5.41, 5.74) is 0.907. The second-order valence-electron chi connectivity index (χ2n) is 7.50. The number of carbonyl (C=O) groups excluding carboxylic acids is 1. The van der Waals surface area contributed by atoms with Crippen LogP contribution in [0.15, 0.2) is 77.7 Å². The van der Waals surface area contributed by atoms with Gasteiger partial charge in [-0.15, -0.1) is 0 Å². The van der Waals surface area contributed by atoms with Crippen molar-refractivity contribution in [3.8, 4) is 5.75 Å². The van der Waals surface area contributed by atoms with Crippen LogP contribution in [0.4, 0.5) is 11.4 Å². The van der Waals surface area contributed by atoms with E-state index in [0.717, 1.165) is 18.1 Å². The highest BCUT2D eigenvalue weighted by molar-refractivity contribution is 7.92. The van der Waals surface area contributed by atoms with Crippen LogP contribution in [0.25, 0.3) is 0 Å². The Bertz CT molecular complexity index is 1280. The van der Waals surface area contributed by atoms with Gasteiger partial charge in [-0.3, -0.25) is 19.6 Å². The highest BCUT2D eigenvalue weighted by Gasteiger charge is 2.21. The predicted octanol–water partition coefficient (Wildman–Crippen LogP) is 4.33. The Balaban J connectivity index is 1.78. The standard InChI is InChI=1S/C24H25N3O6S/c1-3-17(18-8-5-4-6-9-18)16-25-24(28)19-10-7-11-21(14-19)34(31,32)26-22-15-20(27(29)30)12-13-23(22)33-2/h4-15,17,26H,3,16H2,1-2H3,(H,25,28). The summed E-state index contributed by atoms with van der Waals surface area (Å²) in [6, 6.07) is 19.0. The van der Waals surface area contributed by atoms with E-state index in [9.17, 15) is 23.3 Å². The Morgan fingerprint density at radius 3 is 2.44 bits per heavy atom. The topological polar surface area (TPSA) is 128 Å². The number of nitro benzene ring substituents is 1. The third-order valence-corrected chi connectivity index (χ3v) is 6.68. The number of nitrogens with one attached hydrogen (secondary N) is 2. The number of nitrogens with zero attached hydrogens (tertiary/aromatic N) is 1. The van der Waals surface area contributed by atoms with Crippen LogP contribution in [-0.2, 0) is 10.0 Å². The van der Waals surface area contributed by atoms with Gasteiger partial charge in [0.2, 0.25) is 0 Å². The lowest BCUT2D eigenvalue weighted by Crippen LogP contribution is -2.28. The van der Waals surface area contributed by atoms with Gasteiger partial charge in [0.1, 0.15) is 5.75 Å². The first-order valence-electron chi connectivity index (χ1n) is 10.5. The van der Waals surface area contributed by atoms with Crippen molar-refractivity contribution in [1.82, 2.24) is 5.32 Å². The quantitative estimate of drug-likeness (QED) is 0.326. The summed E-state index contributed by atoms with van der Waals surface area (Å²) < 4.78 is 33.3. The number of anilines is 1. The van der Waals surface area contributed by atoms with Crippen molar-refractivity contribution in [3.63, 3.8) is 0 Å². The van der Waals surface area contributed by atoms with E-state index in [2.05, 4.69) is 10.0 Å². The number of hydrogen-bond acceptors (Lipinski definition) is 6. The van der Waals surface area contributed by atoms with Gasteiger partial charge in [0.05, 0.1) is 22.6 Å². The predicted molar refractivity (Wildman–Crippen MR) is 129 cm³/mol. The van der Waals surface area contributed by atoms with Crippen LogP contribution in [-0.4, -0.2) is 32.9 Å². The first-order chi connectivity index (χ1) is 16.2. The Labute approximate surface area is 198 Å². The Kier molecular flexibility index (Phi) is 7.85. The first-order valence-corrected chi connectivity index (χ1v) is 12.0. The molecule has 9 nitrogen and oxygen atoms in total. The average molecular weight is 484 g/mol. The molecule has 0 aliphatic heterocycles. The maximum absolute atomic E-state index is 13.0. The summed E-state index contributed by atoms with van der Waals surface area (Å²) in [6.07, 6.45) is 0.827. The molecule has 1 atom stereocenters. The molecular formula is C24H25N3O6S. The molecule has 1 unspecified atom stereocenters. The Hall–Kier alpha value is -3.92. The van der Waals surface area contributed by atoms with Crippen molar-refractivity contribution in [2.24, 2.45) is 0 Å². The van der Waals surface area contributed by atoms with Crippen LogP contribution in [0.1, 0.15) is 35.2 Å². The maximum Gasteiger partial charge on any atom is 0.271 e. The van der Waals surface area contributed by atoms with Gasteiger partial charge in [-0.25, -0.2) is 8.42 Å². The lowest BCUT2D eigenvalue weighted by molar-refractivity contribution is -0.384. The largest absolute Gasteiger partial charge is 0.495 e. The first kappa shape index (κ1) is 24.7. The molecule has 3 aromatic rings. The molecule has 3 aromatic carbocycles. The minimum Gasteiger partial charge on any atom is -0.495 e. The van der Waals surface area contributed by atoms with Gasteiger partial charge in [0.15, 0.2) is 0 Å². The number of benzene rings is 3. The summed E-state index contributed by atoms with van der Waals surface area (Å²) in [4.78, 5) is 23.0. The van der Waals surface area contributed by atoms with E-state index >= 15 is 0 Å². The zero-order chi connectivity index (χ0) is 24.7. The van der Waals surface area contributed by atoms with Crippen molar-refractivity contribution < 1.29 is 22.9 Å². The van der Waals surface area contributed by atoms with Crippen molar-refractivity contribution in [2.45, 2.75) is 24.2 Å². The lowest BCUT2D eigenvalue weighted by atomic mass is 9.96. The van der Waals surface area contributed by atoms with Crippen LogP contribution in [0, 0.1) is 10.1 Å². The molecule has 1 amide bonds. The van der Waals surface area contributed by atoms with Gasteiger partial charge in [-0.1, -0.05) is 43.3 Å². The molecule has 34 heavy (non-hydrogen) atoms. The molecule has 0 spiro atoms. The molecule has 0 saturated carbocycles. The van der Waals surface area contributed by atoms with Crippen molar-refractivity contribution >= 4 is 27.3 Å². The minimum atomic E-state index is -4.16. The summed E-state index contributed by atoms with van der Waals surface area (Å²) >= 11 is 0. The Morgan fingerprint density at radius 1 is 1.06 bits per heavy atom. The second-order valence-corrected chi connectivity index (χ2v) is 9.18. The van der Waals surface area contributed by atoms with Crippen molar-refractivity contribution in [3.05, 3.63) is 94.0 Å². The van der Waals surface area contributed by atoms with E-state index in [1.165, 1.54) is 43.5 Å². The summed E-state index contributed by atoms with van der Waals surface area (Å²) in [6.45, 7) is 2.43.